The highest BCUT2D eigenvalue weighted by atomic mass is 16.2. The number of carbonyl (C=O) groups is 2. The average Bonchev–Trinajstić information content (AvgIpc) is 3.51. The van der Waals surface area contributed by atoms with Crippen LogP contribution in [0, 0.1) is 6.92 Å². The maximum Gasteiger partial charge on any atom is 0.256 e. The number of fused-ring (bicyclic) bond motifs is 1. The lowest BCUT2D eigenvalue weighted by atomic mass is 10.1. The van der Waals surface area contributed by atoms with E-state index in [1.165, 1.54) is 0 Å². The lowest BCUT2D eigenvalue weighted by Gasteiger charge is -2.20. The summed E-state index contributed by atoms with van der Waals surface area (Å²) in [5.41, 5.74) is 4.46. The minimum atomic E-state index is -0.240. The van der Waals surface area contributed by atoms with Crippen LogP contribution in [0.25, 0.3) is 11.0 Å². The van der Waals surface area contributed by atoms with Crippen LogP contribution in [0.4, 0.5) is 5.69 Å². The molecular formula is C24H29N5O2. The molecule has 7 heteroatoms. The molecule has 0 atom stereocenters. The molecule has 162 valence electrons. The van der Waals surface area contributed by atoms with Crippen LogP contribution < -0.4 is 10.6 Å². The summed E-state index contributed by atoms with van der Waals surface area (Å²) in [6, 6.07) is 9.28. The lowest BCUT2D eigenvalue weighted by Crippen LogP contribution is -2.23. The summed E-state index contributed by atoms with van der Waals surface area (Å²) in [5.74, 6) is 0.198. The number of anilines is 1. The Hall–Kier alpha value is -3.22. The van der Waals surface area contributed by atoms with Gasteiger partial charge < -0.3 is 10.6 Å². The van der Waals surface area contributed by atoms with Gasteiger partial charge in [0, 0.05) is 24.3 Å². The first-order chi connectivity index (χ1) is 14.7. The molecular weight excluding hydrogens is 390 g/mol. The van der Waals surface area contributed by atoms with E-state index < -0.39 is 0 Å². The van der Waals surface area contributed by atoms with Gasteiger partial charge in [-0.15, -0.1) is 0 Å². The minimum Gasteiger partial charge on any atom is -0.359 e. The van der Waals surface area contributed by atoms with Crippen LogP contribution in [0.1, 0.15) is 66.8 Å². The number of rotatable bonds is 5. The van der Waals surface area contributed by atoms with E-state index in [9.17, 15) is 9.59 Å². The molecule has 0 spiro atoms. The Bertz CT molecular complexity index is 1150. The van der Waals surface area contributed by atoms with Crippen molar-refractivity contribution in [2.75, 3.05) is 12.4 Å². The number of hydrogen-bond acceptors (Lipinski definition) is 4. The third kappa shape index (κ3) is 4.31. The second-order valence-corrected chi connectivity index (χ2v) is 9.24. The van der Waals surface area contributed by atoms with Crippen LogP contribution in [0.5, 0.6) is 0 Å². The van der Waals surface area contributed by atoms with Gasteiger partial charge in [-0.25, -0.2) is 9.67 Å². The van der Waals surface area contributed by atoms with Gasteiger partial charge in [-0.2, -0.15) is 5.10 Å². The Morgan fingerprint density at radius 2 is 1.84 bits per heavy atom. The molecule has 0 radical (unpaired) electrons. The van der Waals surface area contributed by atoms with Gasteiger partial charge in [-0.3, -0.25) is 9.59 Å². The number of aromatic nitrogens is 3. The summed E-state index contributed by atoms with van der Waals surface area (Å²) in [6.45, 7) is 8.19. The second-order valence-electron chi connectivity index (χ2n) is 9.24. The fourth-order valence-electron chi connectivity index (χ4n) is 3.72. The second kappa shape index (κ2) is 7.80. The van der Waals surface area contributed by atoms with Crippen molar-refractivity contribution in [1.29, 1.82) is 0 Å². The van der Waals surface area contributed by atoms with Gasteiger partial charge in [0.05, 0.1) is 28.6 Å². The molecule has 0 unspecified atom stereocenters. The van der Waals surface area contributed by atoms with Gasteiger partial charge in [0.25, 0.3) is 5.91 Å². The molecule has 1 aromatic carbocycles. The van der Waals surface area contributed by atoms with Crippen LogP contribution in [0.3, 0.4) is 0 Å². The highest BCUT2D eigenvalue weighted by Gasteiger charge is 2.30. The van der Waals surface area contributed by atoms with E-state index in [1.54, 1.807) is 7.05 Å². The molecule has 31 heavy (non-hydrogen) atoms. The van der Waals surface area contributed by atoms with Crippen molar-refractivity contribution in [3.05, 3.63) is 52.8 Å². The maximum absolute atomic E-state index is 13.3. The van der Waals surface area contributed by atoms with Crippen LogP contribution in [0.15, 0.2) is 30.3 Å². The summed E-state index contributed by atoms with van der Waals surface area (Å²) in [5, 5.41) is 11.1. The molecule has 1 aliphatic rings. The van der Waals surface area contributed by atoms with E-state index in [1.807, 2.05) is 41.9 Å². The van der Waals surface area contributed by atoms with E-state index in [2.05, 4.69) is 31.4 Å². The van der Waals surface area contributed by atoms with Gasteiger partial charge in [0.2, 0.25) is 5.91 Å². The van der Waals surface area contributed by atoms with E-state index in [4.69, 9.17) is 10.1 Å². The van der Waals surface area contributed by atoms with Crippen molar-refractivity contribution in [3.8, 4) is 0 Å². The molecule has 2 amide bonds. The van der Waals surface area contributed by atoms with Crippen molar-refractivity contribution in [1.82, 2.24) is 20.1 Å². The Balaban J connectivity index is 1.69. The number of likely N-dealkylation sites (N-methyl/N-ethyl adjacent to an activating group) is 1. The molecule has 7 nitrogen and oxygen atoms in total. The highest BCUT2D eigenvalue weighted by Crippen LogP contribution is 2.41. The maximum atomic E-state index is 13.3. The van der Waals surface area contributed by atoms with Crippen molar-refractivity contribution in [3.63, 3.8) is 0 Å². The monoisotopic (exact) mass is 419 g/mol. The predicted molar refractivity (Wildman–Crippen MR) is 121 cm³/mol. The molecule has 1 aliphatic carbocycles. The van der Waals surface area contributed by atoms with Crippen LogP contribution in [0.2, 0.25) is 0 Å². The van der Waals surface area contributed by atoms with Gasteiger partial charge in [-0.05, 0) is 64.3 Å². The molecule has 2 aromatic heterocycles. The Morgan fingerprint density at radius 3 is 2.42 bits per heavy atom. The van der Waals surface area contributed by atoms with Crippen molar-refractivity contribution >= 4 is 28.5 Å². The average molecular weight is 420 g/mol. The molecule has 0 bridgehead atoms. The first-order valence-corrected chi connectivity index (χ1v) is 10.7. The zero-order valence-corrected chi connectivity index (χ0v) is 18.7. The van der Waals surface area contributed by atoms with Crippen LogP contribution >= 0.6 is 0 Å². The third-order valence-corrected chi connectivity index (χ3v) is 5.56. The molecule has 1 fully saturated rings. The van der Waals surface area contributed by atoms with Gasteiger partial charge in [0.15, 0.2) is 5.65 Å². The Labute approximate surface area is 182 Å². The minimum absolute atomic E-state index is 0.0464. The van der Waals surface area contributed by atoms with Crippen molar-refractivity contribution in [2.45, 2.75) is 58.4 Å². The summed E-state index contributed by atoms with van der Waals surface area (Å²) in [7, 11) is 1.62. The van der Waals surface area contributed by atoms with Crippen molar-refractivity contribution in [2.24, 2.45) is 0 Å². The summed E-state index contributed by atoms with van der Waals surface area (Å²) in [4.78, 5) is 29.8. The molecule has 2 N–H and O–H groups in total. The zero-order valence-electron chi connectivity index (χ0n) is 18.7. The number of nitrogens with zero attached hydrogens (tertiary/aromatic N) is 3. The van der Waals surface area contributed by atoms with E-state index in [0.29, 0.717) is 23.6 Å². The molecule has 0 saturated heterocycles. The Morgan fingerprint density at radius 1 is 1.16 bits per heavy atom. The summed E-state index contributed by atoms with van der Waals surface area (Å²) < 4.78 is 1.92. The molecule has 2 heterocycles. The van der Waals surface area contributed by atoms with Gasteiger partial charge in [-0.1, -0.05) is 12.1 Å². The molecule has 1 saturated carbocycles. The fraction of sp³-hybridized carbons (Fsp3) is 0.417. The highest BCUT2D eigenvalue weighted by molar-refractivity contribution is 6.12. The third-order valence-electron chi connectivity index (χ3n) is 5.56. The molecule has 0 aliphatic heterocycles. The van der Waals surface area contributed by atoms with Gasteiger partial charge >= 0.3 is 0 Å². The smallest absolute Gasteiger partial charge is 0.256 e. The van der Waals surface area contributed by atoms with Crippen LogP contribution in [-0.4, -0.2) is 33.6 Å². The first kappa shape index (κ1) is 21.0. The van der Waals surface area contributed by atoms with E-state index in [-0.39, 0.29) is 17.4 Å². The summed E-state index contributed by atoms with van der Waals surface area (Å²) in [6.07, 6.45) is 2.52. The van der Waals surface area contributed by atoms with Gasteiger partial charge in [0.1, 0.15) is 0 Å². The summed E-state index contributed by atoms with van der Waals surface area (Å²) >= 11 is 0. The van der Waals surface area contributed by atoms with Crippen LogP contribution in [-0.2, 0) is 16.8 Å². The number of carbonyl (C=O) groups excluding carboxylic acids is 2. The number of amides is 2. The fourth-order valence-corrected chi connectivity index (χ4v) is 3.72. The molecule has 4 rings (SSSR count). The standard InChI is InChI=1S/C24H29N5O2/c1-14-21-18(23(31)26-17-10-6-15(7-11-17)12-20(30)25-5)13-19(16-8-9-16)27-22(21)29(28-14)24(2,3)4/h6-7,10-11,13,16H,8-9,12H2,1-5H3,(H,25,30)(H,26,31). The number of hydrogen-bond donors (Lipinski definition) is 2. The van der Waals surface area contributed by atoms with E-state index >= 15 is 0 Å². The largest absolute Gasteiger partial charge is 0.359 e. The number of nitrogens with one attached hydrogen (secondary N) is 2. The normalized spacial score (nSPS) is 14.0. The Kier molecular flexibility index (Phi) is 5.29. The van der Waals surface area contributed by atoms with E-state index in [0.717, 1.165) is 40.8 Å². The van der Waals surface area contributed by atoms with Crippen molar-refractivity contribution < 1.29 is 9.59 Å². The predicted octanol–water partition coefficient (Wildman–Crippen LogP) is 3.91. The number of aryl methyl sites for hydroxylation is 1. The number of benzene rings is 1. The lowest BCUT2D eigenvalue weighted by molar-refractivity contribution is -0.119. The zero-order chi connectivity index (χ0) is 22.3. The first-order valence-electron chi connectivity index (χ1n) is 10.7. The SMILES string of the molecule is CNC(=O)Cc1ccc(NC(=O)c2cc(C3CC3)nc3c2c(C)nn3C(C)(C)C)cc1. The quantitative estimate of drug-likeness (QED) is 0.656. The number of pyridine rings is 1. The molecule has 3 aromatic rings. The topological polar surface area (TPSA) is 88.9 Å².